The first-order valence-electron chi connectivity index (χ1n) is 3.92. The molecule has 0 aromatic heterocycles. The summed E-state index contributed by atoms with van der Waals surface area (Å²) in [7, 11) is 0. The second-order valence-corrected chi connectivity index (χ2v) is 2.75. The van der Waals surface area contributed by atoms with Gasteiger partial charge >= 0.3 is 0 Å². The molecule has 1 N–H and O–H groups in total. The summed E-state index contributed by atoms with van der Waals surface area (Å²) in [4.78, 5) is 0. The van der Waals surface area contributed by atoms with Crippen molar-refractivity contribution in [2.75, 3.05) is 0 Å². The molecule has 1 aromatic carbocycles. The van der Waals surface area contributed by atoms with E-state index in [1.165, 1.54) is 0 Å². The number of aliphatic hydroxyl groups excluding tert-OH is 1. The molecule has 1 aromatic rings. The molecule has 0 spiro atoms. The van der Waals surface area contributed by atoms with Crippen LogP contribution in [0, 0.1) is 35.6 Å². The average Bonchev–Trinajstić information content (AvgIpc) is 2.23. The van der Waals surface area contributed by atoms with E-state index >= 15 is 0 Å². The van der Waals surface area contributed by atoms with Crippen LogP contribution in [0.15, 0.2) is 0 Å². The van der Waals surface area contributed by atoms with Crippen LogP contribution in [0.1, 0.15) is 11.1 Å². The van der Waals surface area contributed by atoms with E-state index in [1.54, 1.807) is 0 Å². The Labute approximate surface area is 83.3 Å². The molecule has 0 heterocycles. The normalized spacial score (nSPS) is 10.1. The van der Waals surface area contributed by atoms with Crippen molar-refractivity contribution < 1.29 is 22.7 Å². The molecule has 1 nitrogen and oxygen atoms in total. The van der Waals surface area contributed by atoms with Gasteiger partial charge in [0.15, 0.2) is 23.3 Å². The maximum atomic E-state index is 13.1. The zero-order chi connectivity index (χ0) is 11.6. The predicted molar refractivity (Wildman–Crippen MR) is 44.7 cm³/mol. The van der Waals surface area contributed by atoms with Crippen molar-refractivity contribution in [3.8, 4) is 12.3 Å². The average molecular weight is 218 g/mol. The highest BCUT2D eigenvalue weighted by molar-refractivity contribution is 5.31. The predicted octanol–water partition coefficient (Wildman–Crippen LogP) is 1.91. The van der Waals surface area contributed by atoms with Gasteiger partial charge in [-0.05, 0) is 0 Å². The number of rotatable bonds is 2. The van der Waals surface area contributed by atoms with Crippen LogP contribution in [0.2, 0.25) is 0 Å². The van der Waals surface area contributed by atoms with Crippen molar-refractivity contribution in [1.82, 2.24) is 0 Å². The smallest absolute Gasteiger partial charge is 0.167 e. The monoisotopic (exact) mass is 218 g/mol. The summed E-state index contributed by atoms with van der Waals surface area (Å²) in [6.45, 7) is -1.12. The Balaban J connectivity index is 3.53. The Kier molecular flexibility index (Phi) is 3.32. The largest absolute Gasteiger partial charge is 0.391 e. The molecular weight excluding hydrogens is 212 g/mol. The van der Waals surface area contributed by atoms with Crippen LogP contribution in [0.25, 0.3) is 0 Å². The number of benzene rings is 1. The first kappa shape index (κ1) is 11.5. The van der Waals surface area contributed by atoms with Crippen LogP contribution < -0.4 is 0 Å². The van der Waals surface area contributed by atoms with Crippen molar-refractivity contribution >= 4 is 0 Å². The Bertz CT molecular complexity index is 405. The van der Waals surface area contributed by atoms with Crippen LogP contribution >= 0.6 is 0 Å². The van der Waals surface area contributed by atoms with Crippen LogP contribution in [0.4, 0.5) is 17.6 Å². The second kappa shape index (κ2) is 4.32. The van der Waals surface area contributed by atoms with Crippen molar-refractivity contribution in [2.45, 2.75) is 13.0 Å². The molecular formula is C10H6F4O. The van der Waals surface area contributed by atoms with Gasteiger partial charge in [0.05, 0.1) is 12.2 Å². The summed E-state index contributed by atoms with van der Waals surface area (Å²) in [6, 6.07) is 0. The van der Waals surface area contributed by atoms with Gasteiger partial charge in [-0.1, -0.05) is 0 Å². The molecule has 0 radical (unpaired) electrons. The molecule has 0 amide bonds. The minimum Gasteiger partial charge on any atom is -0.391 e. The molecule has 0 atom stereocenters. The molecule has 1 rings (SSSR count). The molecule has 15 heavy (non-hydrogen) atoms. The zero-order valence-electron chi connectivity index (χ0n) is 7.45. The fourth-order valence-corrected chi connectivity index (χ4v) is 1.12. The number of aliphatic hydroxyl groups is 1. The van der Waals surface area contributed by atoms with Crippen molar-refractivity contribution in [3.63, 3.8) is 0 Å². The Morgan fingerprint density at radius 2 is 1.33 bits per heavy atom. The van der Waals surface area contributed by atoms with E-state index in [0.29, 0.717) is 0 Å². The lowest BCUT2D eigenvalue weighted by Gasteiger charge is -2.08. The number of terminal acetylenes is 1. The van der Waals surface area contributed by atoms with E-state index in [0.717, 1.165) is 0 Å². The molecule has 0 fully saturated rings. The Hall–Kier alpha value is -1.54. The third-order valence-corrected chi connectivity index (χ3v) is 1.88. The topological polar surface area (TPSA) is 20.2 Å². The number of halogens is 4. The van der Waals surface area contributed by atoms with Gasteiger partial charge < -0.3 is 5.11 Å². The summed E-state index contributed by atoms with van der Waals surface area (Å²) in [5, 5.41) is 8.52. The first-order chi connectivity index (χ1) is 7.04. The lowest BCUT2D eigenvalue weighted by molar-refractivity contribution is 0.262. The summed E-state index contributed by atoms with van der Waals surface area (Å²) in [5.41, 5.74) is -1.88. The molecule has 0 saturated carbocycles. The van der Waals surface area contributed by atoms with E-state index in [4.69, 9.17) is 11.5 Å². The van der Waals surface area contributed by atoms with E-state index in [-0.39, 0.29) is 0 Å². The molecule has 0 aliphatic heterocycles. The van der Waals surface area contributed by atoms with Gasteiger partial charge in [-0.2, -0.15) is 0 Å². The highest BCUT2D eigenvalue weighted by atomic mass is 19.2. The third-order valence-electron chi connectivity index (χ3n) is 1.88. The molecule has 80 valence electrons. The fraction of sp³-hybridized carbons (Fsp3) is 0.200. The maximum absolute atomic E-state index is 13.1. The van der Waals surface area contributed by atoms with Crippen molar-refractivity contribution in [1.29, 1.82) is 0 Å². The highest BCUT2D eigenvalue weighted by Crippen LogP contribution is 2.24. The lowest BCUT2D eigenvalue weighted by atomic mass is 10.1. The van der Waals surface area contributed by atoms with Crippen LogP contribution in [0.3, 0.4) is 0 Å². The van der Waals surface area contributed by atoms with Crippen molar-refractivity contribution in [3.05, 3.63) is 34.4 Å². The minimum atomic E-state index is -1.61. The Morgan fingerprint density at radius 1 is 0.933 bits per heavy atom. The van der Waals surface area contributed by atoms with Gasteiger partial charge in [0.25, 0.3) is 0 Å². The number of hydrogen-bond acceptors (Lipinski definition) is 1. The highest BCUT2D eigenvalue weighted by Gasteiger charge is 2.23. The van der Waals surface area contributed by atoms with Gasteiger partial charge in [-0.25, -0.2) is 17.6 Å². The van der Waals surface area contributed by atoms with Gasteiger partial charge in [0.1, 0.15) is 0 Å². The fourth-order valence-electron chi connectivity index (χ4n) is 1.12. The molecule has 0 unspecified atom stereocenters. The van der Waals surface area contributed by atoms with Crippen LogP contribution in [-0.4, -0.2) is 5.11 Å². The van der Waals surface area contributed by atoms with Gasteiger partial charge in [-0.15, -0.1) is 12.3 Å². The number of hydrogen-bond donors (Lipinski definition) is 1. The van der Waals surface area contributed by atoms with Gasteiger partial charge in [-0.3, -0.25) is 0 Å². The molecule has 0 aliphatic rings. The maximum Gasteiger partial charge on any atom is 0.167 e. The molecule has 0 aliphatic carbocycles. The van der Waals surface area contributed by atoms with Gasteiger partial charge in [0.2, 0.25) is 0 Å². The summed E-state index contributed by atoms with van der Waals surface area (Å²) < 4.78 is 52.2. The van der Waals surface area contributed by atoms with E-state index in [2.05, 4.69) is 0 Å². The molecule has 0 saturated heterocycles. The standard InChI is InChI=1S/C10H6F4O/c1-2-3-5-7(11)9(13)6(4-15)10(14)8(5)12/h1,15H,3-4H2. The summed E-state index contributed by atoms with van der Waals surface area (Å²) in [5.74, 6) is -4.46. The molecule has 0 bridgehead atoms. The van der Waals surface area contributed by atoms with Crippen LogP contribution in [0.5, 0.6) is 0 Å². The van der Waals surface area contributed by atoms with Crippen LogP contribution in [-0.2, 0) is 13.0 Å². The van der Waals surface area contributed by atoms with E-state index in [9.17, 15) is 17.6 Å². The van der Waals surface area contributed by atoms with Crippen molar-refractivity contribution in [2.24, 2.45) is 0 Å². The quantitative estimate of drug-likeness (QED) is 0.456. The summed E-state index contributed by atoms with van der Waals surface area (Å²) >= 11 is 0. The van der Waals surface area contributed by atoms with E-state index in [1.807, 2.05) is 5.92 Å². The Morgan fingerprint density at radius 3 is 1.67 bits per heavy atom. The zero-order valence-corrected chi connectivity index (χ0v) is 7.45. The van der Waals surface area contributed by atoms with Gasteiger partial charge in [0, 0.05) is 12.0 Å². The lowest BCUT2D eigenvalue weighted by Crippen LogP contribution is -2.08. The minimum absolute atomic E-state index is 0.558. The summed E-state index contributed by atoms with van der Waals surface area (Å²) in [6.07, 6.45) is 4.23. The third kappa shape index (κ3) is 1.81. The van der Waals surface area contributed by atoms with E-state index < -0.39 is 47.4 Å². The second-order valence-electron chi connectivity index (χ2n) is 2.75. The SMILES string of the molecule is C#CCc1c(F)c(F)c(CO)c(F)c1F. The first-order valence-corrected chi connectivity index (χ1v) is 3.92. The molecule has 5 heteroatoms.